The minimum Gasteiger partial charge on any atom is -0.312 e. The van der Waals surface area contributed by atoms with E-state index >= 15 is 0 Å². The minimum atomic E-state index is 0.382. The van der Waals surface area contributed by atoms with Crippen molar-refractivity contribution in [3.8, 4) is 0 Å². The molecular weight excluding hydrogens is 262 g/mol. The zero-order chi connectivity index (χ0) is 14.4. The van der Waals surface area contributed by atoms with Crippen molar-refractivity contribution in [3.63, 3.8) is 0 Å². The molecule has 2 rings (SSSR count). The smallest absolute Gasteiger partial charge is 0.0441 e. The van der Waals surface area contributed by atoms with Crippen molar-refractivity contribution in [2.24, 2.45) is 0 Å². The Balaban J connectivity index is 2.15. The molecule has 2 heteroatoms. The first kappa shape index (κ1) is 15.1. The molecule has 2 aromatic carbocycles. The fourth-order valence-electron chi connectivity index (χ4n) is 2.41. The molecule has 2 atom stereocenters. The standard InChI is InChI=1S/C18H23NS/c1-4-17(20-16-12-10-14(2)11-13-16)18(19-3)15-8-6-5-7-9-15/h5-13,17-19H,4H2,1-3H3. The van der Waals surface area contributed by atoms with E-state index in [1.54, 1.807) is 0 Å². The van der Waals surface area contributed by atoms with Gasteiger partial charge in [0.05, 0.1) is 0 Å². The molecule has 106 valence electrons. The van der Waals surface area contributed by atoms with E-state index in [0.717, 1.165) is 6.42 Å². The van der Waals surface area contributed by atoms with Crippen LogP contribution in [0.2, 0.25) is 0 Å². The number of hydrogen-bond donors (Lipinski definition) is 1. The van der Waals surface area contributed by atoms with Crippen molar-refractivity contribution >= 4 is 11.8 Å². The van der Waals surface area contributed by atoms with Crippen LogP contribution in [0, 0.1) is 6.92 Å². The Morgan fingerprint density at radius 3 is 2.20 bits per heavy atom. The number of aryl methyl sites for hydroxylation is 1. The summed E-state index contributed by atoms with van der Waals surface area (Å²) in [4.78, 5) is 1.35. The molecule has 0 radical (unpaired) electrons. The van der Waals surface area contributed by atoms with Gasteiger partial charge < -0.3 is 5.32 Å². The number of nitrogens with one attached hydrogen (secondary N) is 1. The fourth-order valence-corrected chi connectivity index (χ4v) is 3.65. The van der Waals surface area contributed by atoms with Crippen LogP contribution in [0.4, 0.5) is 0 Å². The van der Waals surface area contributed by atoms with Crippen LogP contribution in [0.15, 0.2) is 59.5 Å². The van der Waals surface area contributed by atoms with Gasteiger partial charge in [-0.25, -0.2) is 0 Å². The molecule has 0 aliphatic carbocycles. The first-order valence-electron chi connectivity index (χ1n) is 7.20. The first-order chi connectivity index (χ1) is 9.74. The van der Waals surface area contributed by atoms with Crippen molar-refractivity contribution < 1.29 is 0 Å². The Hall–Kier alpha value is -1.25. The fraction of sp³-hybridized carbons (Fsp3) is 0.333. The van der Waals surface area contributed by atoms with Crippen LogP contribution in [0.5, 0.6) is 0 Å². The summed E-state index contributed by atoms with van der Waals surface area (Å²) in [5.41, 5.74) is 2.68. The van der Waals surface area contributed by atoms with E-state index in [0.29, 0.717) is 11.3 Å². The van der Waals surface area contributed by atoms with Gasteiger partial charge >= 0.3 is 0 Å². The lowest BCUT2D eigenvalue weighted by atomic mass is 10.0. The van der Waals surface area contributed by atoms with Crippen LogP contribution in [-0.2, 0) is 0 Å². The van der Waals surface area contributed by atoms with Crippen LogP contribution in [0.25, 0.3) is 0 Å². The maximum Gasteiger partial charge on any atom is 0.0441 e. The summed E-state index contributed by atoms with van der Waals surface area (Å²) in [7, 11) is 2.05. The maximum absolute atomic E-state index is 3.48. The quantitative estimate of drug-likeness (QED) is 0.763. The zero-order valence-corrected chi connectivity index (χ0v) is 13.3. The molecule has 0 spiro atoms. The average molecular weight is 285 g/mol. The van der Waals surface area contributed by atoms with Crippen molar-refractivity contribution in [1.82, 2.24) is 5.32 Å². The third-order valence-electron chi connectivity index (χ3n) is 3.55. The predicted molar refractivity (Wildman–Crippen MR) is 89.4 cm³/mol. The highest BCUT2D eigenvalue weighted by Gasteiger charge is 2.21. The van der Waals surface area contributed by atoms with Gasteiger partial charge in [0.2, 0.25) is 0 Å². The van der Waals surface area contributed by atoms with Crippen LogP contribution >= 0.6 is 11.8 Å². The SMILES string of the molecule is CCC(Sc1ccc(C)cc1)C(NC)c1ccccc1. The number of benzene rings is 2. The summed E-state index contributed by atoms with van der Waals surface area (Å²) in [6, 6.07) is 19.9. The van der Waals surface area contributed by atoms with Crippen molar-refractivity contribution in [1.29, 1.82) is 0 Å². The Morgan fingerprint density at radius 2 is 1.65 bits per heavy atom. The zero-order valence-electron chi connectivity index (χ0n) is 12.5. The van der Waals surface area contributed by atoms with E-state index in [1.807, 2.05) is 11.8 Å². The topological polar surface area (TPSA) is 12.0 Å². The van der Waals surface area contributed by atoms with Crippen LogP contribution < -0.4 is 5.32 Å². The second-order valence-corrected chi connectivity index (χ2v) is 6.37. The van der Waals surface area contributed by atoms with E-state index in [-0.39, 0.29) is 0 Å². The predicted octanol–water partition coefficient (Wildman–Crippen LogP) is 4.83. The van der Waals surface area contributed by atoms with E-state index in [1.165, 1.54) is 16.0 Å². The van der Waals surface area contributed by atoms with Gasteiger partial charge in [0, 0.05) is 16.2 Å². The van der Waals surface area contributed by atoms with E-state index in [9.17, 15) is 0 Å². The lowest BCUT2D eigenvalue weighted by Gasteiger charge is -2.26. The minimum absolute atomic E-state index is 0.382. The molecule has 0 bridgehead atoms. The van der Waals surface area contributed by atoms with Gasteiger partial charge in [0.1, 0.15) is 0 Å². The average Bonchev–Trinajstić information content (AvgIpc) is 2.50. The van der Waals surface area contributed by atoms with Crippen molar-refractivity contribution in [2.45, 2.75) is 36.5 Å². The number of rotatable bonds is 6. The summed E-state index contributed by atoms with van der Waals surface area (Å²) in [5, 5.41) is 4.01. The van der Waals surface area contributed by atoms with Crippen LogP contribution in [-0.4, -0.2) is 12.3 Å². The van der Waals surface area contributed by atoms with Gasteiger partial charge in [-0.3, -0.25) is 0 Å². The summed E-state index contributed by atoms with van der Waals surface area (Å²) in [5.74, 6) is 0. The number of hydrogen-bond acceptors (Lipinski definition) is 2. The molecule has 0 heterocycles. The van der Waals surface area contributed by atoms with Crippen LogP contribution in [0.3, 0.4) is 0 Å². The Bertz CT molecular complexity index is 507. The Kier molecular flexibility index (Phi) is 5.69. The lowest BCUT2D eigenvalue weighted by Crippen LogP contribution is -2.26. The summed E-state index contributed by atoms with van der Waals surface area (Å²) in [6.45, 7) is 4.39. The second kappa shape index (κ2) is 7.51. The molecule has 0 aromatic heterocycles. The third kappa shape index (κ3) is 3.87. The van der Waals surface area contributed by atoms with E-state index in [4.69, 9.17) is 0 Å². The molecule has 0 fully saturated rings. The highest BCUT2D eigenvalue weighted by molar-refractivity contribution is 8.00. The molecule has 0 aliphatic heterocycles. The van der Waals surface area contributed by atoms with Gasteiger partial charge in [0.15, 0.2) is 0 Å². The molecule has 0 saturated carbocycles. The van der Waals surface area contributed by atoms with E-state index < -0.39 is 0 Å². The summed E-state index contributed by atoms with van der Waals surface area (Å²) >= 11 is 1.96. The summed E-state index contributed by atoms with van der Waals surface area (Å²) in [6.07, 6.45) is 1.14. The van der Waals surface area contributed by atoms with Gasteiger partial charge in [-0.05, 0) is 38.1 Å². The summed E-state index contributed by atoms with van der Waals surface area (Å²) < 4.78 is 0. The largest absolute Gasteiger partial charge is 0.312 e. The number of thioether (sulfide) groups is 1. The van der Waals surface area contributed by atoms with Crippen molar-refractivity contribution in [2.75, 3.05) is 7.05 Å². The second-order valence-electron chi connectivity index (χ2n) is 5.05. The molecule has 1 N–H and O–H groups in total. The van der Waals surface area contributed by atoms with Crippen molar-refractivity contribution in [3.05, 3.63) is 65.7 Å². The molecule has 0 amide bonds. The molecule has 20 heavy (non-hydrogen) atoms. The molecule has 2 unspecified atom stereocenters. The van der Waals surface area contributed by atoms with E-state index in [2.05, 4.69) is 80.8 Å². The van der Waals surface area contributed by atoms with Gasteiger partial charge in [0.25, 0.3) is 0 Å². The lowest BCUT2D eigenvalue weighted by molar-refractivity contribution is 0.556. The van der Waals surface area contributed by atoms with Gasteiger partial charge in [-0.1, -0.05) is 55.0 Å². The monoisotopic (exact) mass is 285 g/mol. The van der Waals surface area contributed by atoms with Gasteiger partial charge in [-0.2, -0.15) is 0 Å². The highest BCUT2D eigenvalue weighted by atomic mass is 32.2. The third-order valence-corrected chi connectivity index (χ3v) is 5.00. The van der Waals surface area contributed by atoms with Gasteiger partial charge in [-0.15, -0.1) is 11.8 Å². The molecule has 2 aromatic rings. The molecule has 1 nitrogen and oxygen atoms in total. The Labute approximate surface area is 126 Å². The van der Waals surface area contributed by atoms with Crippen LogP contribution in [0.1, 0.15) is 30.5 Å². The normalized spacial score (nSPS) is 13.9. The first-order valence-corrected chi connectivity index (χ1v) is 8.08. The molecular formula is C18H23NS. The molecule has 0 aliphatic rings. The molecule has 0 saturated heterocycles. The maximum atomic E-state index is 3.48. The Morgan fingerprint density at radius 1 is 1.00 bits per heavy atom. The highest BCUT2D eigenvalue weighted by Crippen LogP contribution is 2.34.